The Labute approximate surface area is 161 Å². The van der Waals surface area contributed by atoms with Gasteiger partial charge in [0.25, 0.3) is 5.91 Å². The van der Waals surface area contributed by atoms with Crippen molar-refractivity contribution in [1.29, 1.82) is 5.26 Å². The quantitative estimate of drug-likeness (QED) is 0.298. The van der Waals surface area contributed by atoms with Crippen molar-refractivity contribution in [3.63, 3.8) is 0 Å². The van der Waals surface area contributed by atoms with Crippen LogP contribution >= 0.6 is 0 Å². The van der Waals surface area contributed by atoms with Gasteiger partial charge in [-0.25, -0.2) is 9.59 Å². The van der Waals surface area contributed by atoms with Crippen LogP contribution in [0.15, 0.2) is 30.0 Å². The van der Waals surface area contributed by atoms with Gasteiger partial charge in [-0.3, -0.25) is 4.79 Å². The Morgan fingerprint density at radius 2 is 1.75 bits per heavy atom. The highest BCUT2D eigenvalue weighted by Crippen LogP contribution is 2.20. The largest absolute Gasteiger partial charge is 0.465 e. The van der Waals surface area contributed by atoms with E-state index >= 15 is 0 Å². The zero-order chi connectivity index (χ0) is 21.1. The maximum Gasteiger partial charge on any atom is 0.339 e. The van der Waals surface area contributed by atoms with E-state index in [1.807, 2.05) is 0 Å². The molecular formula is C18H21N3O7. The highest BCUT2D eigenvalue weighted by molar-refractivity contribution is 6.00. The molecule has 3 N–H and O–H groups in total. The number of carbonyl (C=O) groups is 3. The fourth-order valence-corrected chi connectivity index (χ4v) is 2.21. The van der Waals surface area contributed by atoms with Crippen LogP contribution in [-0.2, 0) is 14.3 Å². The van der Waals surface area contributed by atoms with E-state index in [-0.39, 0.29) is 48.7 Å². The first kappa shape index (κ1) is 22.6. The molecule has 0 spiro atoms. The minimum atomic E-state index is -0.721. The number of ether oxygens (including phenoxy) is 2. The fraction of sp³-hybridized carbons (Fsp3) is 0.333. The summed E-state index contributed by atoms with van der Waals surface area (Å²) >= 11 is 0. The van der Waals surface area contributed by atoms with Crippen LogP contribution in [0, 0.1) is 11.3 Å². The maximum absolute atomic E-state index is 12.4. The van der Waals surface area contributed by atoms with Crippen molar-refractivity contribution in [2.24, 2.45) is 0 Å². The Kier molecular flexibility index (Phi) is 9.15. The number of methoxy groups -OCH3 is 2. The summed E-state index contributed by atoms with van der Waals surface area (Å²) in [5.74, 6) is -2.06. The molecule has 0 radical (unpaired) electrons. The number of amides is 1. The highest BCUT2D eigenvalue weighted by atomic mass is 16.5. The van der Waals surface area contributed by atoms with E-state index in [1.54, 1.807) is 6.07 Å². The Morgan fingerprint density at radius 1 is 1.14 bits per heavy atom. The molecule has 28 heavy (non-hydrogen) atoms. The van der Waals surface area contributed by atoms with Gasteiger partial charge in [-0.05, 0) is 18.2 Å². The lowest BCUT2D eigenvalue weighted by atomic mass is 10.1. The molecule has 0 unspecified atom stereocenters. The molecule has 0 heterocycles. The van der Waals surface area contributed by atoms with E-state index < -0.39 is 17.8 Å². The Bertz CT molecular complexity index is 793. The second-order valence-corrected chi connectivity index (χ2v) is 5.30. The number of rotatable bonds is 9. The number of hydrogen-bond donors (Lipinski definition) is 3. The number of benzene rings is 1. The van der Waals surface area contributed by atoms with Crippen LogP contribution in [0.3, 0.4) is 0 Å². The van der Waals surface area contributed by atoms with Gasteiger partial charge in [0.2, 0.25) is 0 Å². The number of anilines is 1. The van der Waals surface area contributed by atoms with Crippen molar-refractivity contribution in [3.8, 4) is 6.07 Å². The van der Waals surface area contributed by atoms with Crippen LogP contribution < -0.4 is 5.32 Å². The third-order valence-corrected chi connectivity index (χ3v) is 3.60. The summed E-state index contributed by atoms with van der Waals surface area (Å²) in [5.41, 5.74) is -0.0101. The summed E-state index contributed by atoms with van der Waals surface area (Å²) < 4.78 is 9.30. The van der Waals surface area contributed by atoms with Gasteiger partial charge in [-0.15, -0.1) is 0 Å². The zero-order valence-corrected chi connectivity index (χ0v) is 15.5. The van der Waals surface area contributed by atoms with E-state index in [4.69, 9.17) is 10.2 Å². The molecule has 0 atom stereocenters. The molecule has 0 fully saturated rings. The Hall–Kier alpha value is -3.42. The minimum Gasteiger partial charge on any atom is -0.465 e. The van der Waals surface area contributed by atoms with E-state index in [0.29, 0.717) is 0 Å². The van der Waals surface area contributed by atoms with Gasteiger partial charge in [0.15, 0.2) is 0 Å². The second-order valence-electron chi connectivity index (χ2n) is 5.30. The lowest BCUT2D eigenvalue weighted by molar-refractivity contribution is -0.127. The average Bonchev–Trinajstić information content (AvgIpc) is 2.72. The van der Waals surface area contributed by atoms with Crippen molar-refractivity contribution in [1.82, 2.24) is 4.90 Å². The average molecular weight is 391 g/mol. The molecule has 10 heteroatoms. The van der Waals surface area contributed by atoms with E-state index in [9.17, 15) is 19.6 Å². The van der Waals surface area contributed by atoms with Gasteiger partial charge in [0, 0.05) is 19.3 Å². The van der Waals surface area contributed by atoms with Gasteiger partial charge in [0.1, 0.15) is 11.6 Å². The molecule has 0 saturated heterocycles. The third-order valence-electron chi connectivity index (χ3n) is 3.60. The van der Waals surface area contributed by atoms with Gasteiger partial charge < -0.3 is 29.9 Å². The normalized spacial score (nSPS) is 10.6. The number of nitrogens with one attached hydrogen (secondary N) is 1. The minimum absolute atomic E-state index is 0.0658. The lowest BCUT2D eigenvalue weighted by Gasteiger charge is -2.20. The predicted molar refractivity (Wildman–Crippen MR) is 97.2 cm³/mol. The first-order valence-electron chi connectivity index (χ1n) is 8.11. The summed E-state index contributed by atoms with van der Waals surface area (Å²) in [5, 5.41) is 30.0. The molecule has 0 aliphatic heterocycles. The van der Waals surface area contributed by atoms with Crippen molar-refractivity contribution < 1.29 is 34.1 Å². The Balaban J connectivity index is 3.24. The Morgan fingerprint density at radius 3 is 2.25 bits per heavy atom. The van der Waals surface area contributed by atoms with Gasteiger partial charge in [-0.2, -0.15) is 5.26 Å². The fourth-order valence-electron chi connectivity index (χ4n) is 2.21. The monoisotopic (exact) mass is 391 g/mol. The van der Waals surface area contributed by atoms with E-state index in [0.717, 1.165) is 11.1 Å². The molecule has 1 aromatic rings. The number of aliphatic hydroxyl groups is 2. The third kappa shape index (κ3) is 5.80. The predicted octanol–water partition coefficient (Wildman–Crippen LogP) is -0.108. The molecule has 10 nitrogen and oxygen atoms in total. The van der Waals surface area contributed by atoms with Crippen molar-refractivity contribution in [2.75, 3.05) is 45.8 Å². The molecule has 1 rings (SSSR count). The smallest absolute Gasteiger partial charge is 0.339 e. The van der Waals surface area contributed by atoms with Crippen molar-refractivity contribution >= 4 is 23.5 Å². The summed E-state index contributed by atoms with van der Waals surface area (Å²) in [6.45, 7) is -0.815. The second kappa shape index (κ2) is 11.3. The van der Waals surface area contributed by atoms with Crippen LogP contribution in [0.1, 0.15) is 20.7 Å². The van der Waals surface area contributed by atoms with Crippen LogP contribution in [0.25, 0.3) is 0 Å². The number of aliphatic hydroxyl groups excluding tert-OH is 2. The topological polar surface area (TPSA) is 149 Å². The molecule has 0 aliphatic carbocycles. The van der Waals surface area contributed by atoms with Crippen LogP contribution in [0.5, 0.6) is 0 Å². The highest BCUT2D eigenvalue weighted by Gasteiger charge is 2.19. The van der Waals surface area contributed by atoms with Crippen LogP contribution in [-0.4, -0.2) is 73.5 Å². The SMILES string of the molecule is COC(=O)c1ccc(C(=O)OC)c(N/C=C(/C#N)C(=O)N(CCO)CCO)c1. The molecule has 1 amide bonds. The molecule has 0 saturated carbocycles. The molecule has 150 valence electrons. The number of hydrogen-bond acceptors (Lipinski definition) is 9. The number of esters is 2. The molecule has 0 bridgehead atoms. The molecule has 0 aromatic heterocycles. The van der Waals surface area contributed by atoms with Crippen LogP contribution in [0.2, 0.25) is 0 Å². The number of nitrogens with zero attached hydrogens (tertiary/aromatic N) is 2. The van der Waals surface area contributed by atoms with Crippen molar-refractivity contribution in [2.45, 2.75) is 0 Å². The summed E-state index contributed by atoms with van der Waals surface area (Å²) in [7, 11) is 2.38. The maximum atomic E-state index is 12.4. The molecule has 0 aliphatic rings. The molecule has 1 aromatic carbocycles. The van der Waals surface area contributed by atoms with Crippen molar-refractivity contribution in [3.05, 3.63) is 41.1 Å². The summed E-state index contributed by atoms with van der Waals surface area (Å²) in [6.07, 6.45) is 1.06. The first-order chi connectivity index (χ1) is 13.4. The van der Waals surface area contributed by atoms with Crippen LogP contribution in [0.4, 0.5) is 5.69 Å². The summed E-state index contributed by atoms with van der Waals surface area (Å²) in [6, 6.07) is 5.74. The first-order valence-corrected chi connectivity index (χ1v) is 8.11. The van der Waals surface area contributed by atoms with E-state index in [2.05, 4.69) is 14.8 Å². The van der Waals surface area contributed by atoms with E-state index in [1.165, 1.54) is 32.4 Å². The zero-order valence-electron chi connectivity index (χ0n) is 15.5. The number of nitriles is 1. The van der Waals surface area contributed by atoms with Gasteiger partial charge in [0.05, 0.1) is 44.2 Å². The molecular weight excluding hydrogens is 370 g/mol. The summed E-state index contributed by atoms with van der Waals surface area (Å²) in [4.78, 5) is 37.1. The standard InChI is InChI=1S/C18H21N3O7/c1-27-17(25)12-3-4-14(18(26)28-2)15(9-12)20-11-13(10-19)16(24)21(5-7-22)6-8-23/h3-4,9,11,20,22-23H,5-8H2,1-2H3/b13-11-. The lowest BCUT2D eigenvalue weighted by Crippen LogP contribution is -2.36. The number of carbonyl (C=O) groups excluding carboxylic acids is 3. The van der Waals surface area contributed by atoms with Gasteiger partial charge in [-0.1, -0.05) is 0 Å². The van der Waals surface area contributed by atoms with Gasteiger partial charge >= 0.3 is 11.9 Å².